The maximum atomic E-state index is 11.4. The molecule has 76 valence electrons. The van der Waals surface area contributed by atoms with Crippen LogP contribution in [0.5, 0.6) is 0 Å². The third kappa shape index (κ3) is 1.44. The van der Waals surface area contributed by atoms with Crippen LogP contribution in [-0.4, -0.2) is 5.91 Å². The Morgan fingerprint density at radius 3 is 2.86 bits per heavy atom. The SMILES string of the molecule is CCC1C(=O)Nc2c(N)cccc21.Cl. The van der Waals surface area contributed by atoms with E-state index in [2.05, 4.69) is 5.32 Å². The van der Waals surface area contributed by atoms with Crippen molar-refractivity contribution >= 4 is 29.7 Å². The number of para-hydroxylation sites is 1. The smallest absolute Gasteiger partial charge is 0.232 e. The predicted octanol–water partition coefficient (Wildman–Crippen LogP) is 2.14. The molecule has 1 atom stereocenters. The molecule has 0 radical (unpaired) electrons. The number of rotatable bonds is 1. The van der Waals surface area contributed by atoms with Gasteiger partial charge in [-0.3, -0.25) is 4.79 Å². The van der Waals surface area contributed by atoms with Crippen LogP contribution in [0.25, 0.3) is 0 Å². The summed E-state index contributed by atoms with van der Waals surface area (Å²) in [6, 6.07) is 5.64. The maximum absolute atomic E-state index is 11.4. The fourth-order valence-corrected chi connectivity index (χ4v) is 1.78. The summed E-state index contributed by atoms with van der Waals surface area (Å²) in [5.74, 6) is 0.0499. The third-order valence-electron chi connectivity index (χ3n) is 2.48. The average molecular weight is 213 g/mol. The Kier molecular flexibility index (Phi) is 3.01. The van der Waals surface area contributed by atoms with E-state index in [0.717, 1.165) is 17.7 Å². The predicted molar refractivity (Wildman–Crippen MR) is 59.8 cm³/mol. The minimum Gasteiger partial charge on any atom is -0.397 e. The van der Waals surface area contributed by atoms with Gasteiger partial charge in [0.05, 0.1) is 17.3 Å². The number of carbonyl (C=O) groups excluding carboxylic acids is 1. The second-order valence-electron chi connectivity index (χ2n) is 3.26. The first kappa shape index (κ1) is 10.9. The van der Waals surface area contributed by atoms with E-state index in [-0.39, 0.29) is 24.2 Å². The number of halogens is 1. The highest BCUT2D eigenvalue weighted by Gasteiger charge is 2.29. The number of nitrogens with two attached hydrogens (primary N) is 1. The normalized spacial score (nSPS) is 18.4. The molecule has 1 amide bonds. The number of hydrogen-bond acceptors (Lipinski definition) is 2. The fraction of sp³-hybridized carbons (Fsp3) is 0.300. The van der Waals surface area contributed by atoms with Crippen molar-refractivity contribution in [3.63, 3.8) is 0 Å². The Labute approximate surface area is 89.1 Å². The molecule has 0 bridgehead atoms. The Bertz CT molecular complexity index is 365. The highest BCUT2D eigenvalue weighted by molar-refractivity contribution is 6.05. The molecule has 0 aromatic heterocycles. The first-order valence-corrected chi connectivity index (χ1v) is 4.43. The van der Waals surface area contributed by atoms with Gasteiger partial charge in [-0.05, 0) is 18.1 Å². The highest BCUT2D eigenvalue weighted by atomic mass is 35.5. The van der Waals surface area contributed by atoms with Gasteiger partial charge in [0, 0.05) is 0 Å². The molecule has 0 fully saturated rings. The topological polar surface area (TPSA) is 55.1 Å². The number of hydrogen-bond donors (Lipinski definition) is 2. The Morgan fingerprint density at radius 2 is 2.21 bits per heavy atom. The van der Waals surface area contributed by atoms with Gasteiger partial charge in [0.15, 0.2) is 0 Å². The Hall–Kier alpha value is -1.22. The van der Waals surface area contributed by atoms with Crippen molar-refractivity contribution in [3.05, 3.63) is 23.8 Å². The van der Waals surface area contributed by atoms with Crippen molar-refractivity contribution < 1.29 is 4.79 Å². The van der Waals surface area contributed by atoms with Crippen LogP contribution in [0.4, 0.5) is 11.4 Å². The lowest BCUT2D eigenvalue weighted by molar-refractivity contribution is -0.117. The van der Waals surface area contributed by atoms with E-state index in [1.165, 1.54) is 0 Å². The van der Waals surface area contributed by atoms with Gasteiger partial charge >= 0.3 is 0 Å². The molecule has 1 unspecified atom stereocenters. The van der Waals surface area contributed by atoms with Crippen molar-refractivity contribution in [2.75, 3.05) is 11.1 Å². The van der Waals surface area contributed by atoms with Crippen molar-refractivity contribution in [2.45, 2.75) is 19.3 Å². The number of benzene rings is 1. The van der Waals surface area contributed by atoms with Crippen molar-refractivity contribution in [1.29, 1.82) is 0 Å². The minimum atomic E-state index is -0.0153. The molecular formula is C10H13ClN2O. The minimum absolute atomic E-state index is 0. The van der Waals surface area contributed by atoms with Crippen molar-refractivity contribution in [3.8, 4) is 0 Å². The van der Waals surface area contributed by atoms with Crippen LogP contribution < -0.4 is 11.1 Å². The summed E-state index contributed by atoms with van der Waals surface area (Å²) in [4.78, 5) is 11.4. The molecule has 14 heavy (non-hydrogen) atoms. The van der Waals surface area contributed by atoms with Crippen LogP contribution in [0.3, 0.4) is 0 Å². The number of nitrogen functional groups attached to an aromatic ring is 1. The van der Waals surface area contributed by atoms with Crippen LogP contribution in [0.15, 0.2) is 18.2 Å². The largest absolute Gasteiger partial charge is 0.397 e. The molecule has 4 heteroatoms. The number of carbonyl (C=O) groups is 1. The van der Waals surface area contributed by atoms with E-state index >= 15 is 0 Å². The van der Waals surface area contributed by atoms with Crippen LogP contribution in [-0.2, 0) is 4.79 Å². The summed E-state index contributed by atoms with van der Waals surface area (Å²) >= 11 is 0. The summed E-state index contributed by atoms with van der Waals surface area (Å²) in [6.45, 7) is 2.00. The second-order valence-corrected chi connectivity index (χ2v) is 3.26. The van der Waals surface area contributed by atoms with E-state index in [0.29, 0.717) is 5.69 Å². The van der Waals surface area contributed by atoms with Gasteiger partial charge in [0.2, 0.25) is 5.91 Å². The average Bonchev–Trinajstić information content (AvgIpc) is 2.43. The maximum Gasteiger partial charge on any atom is 0.232 e. The lowest BCUT2D eigenvalue weighted by Gasteiger charge is -2.04. The molecule has 3 nitrogen and oxygen atoms in total. The molecule has 3 N–H and O–H groups in total. The first-order valence-electron chi connectivity index (χ1n) is 4.43. The Balaban J connectivity index is 0.000000980. The quantitative estimate of drug-likeness (QED) is 0.701. The Morgan fingerprint density at radius 1 is 1.50 bits per heavy atom. The van der Waals surface area contributed by atoms with E-state index < -0.39 is 0 Å². The van der Waals surface area contributed by atoms with E-state index in [9.17, 15) is 4.79 Å². The lowest BCUT2D eigenvalue weighted by atomic mass is 9.98. The lowest BCUT2D eigenvalue weighted by Crippen LogP contribution is -2.10. The highest BCUT2D eigenvalue weighted by Crippen LogP contribution is 2.37. The zero-order chi connectivity index (χ0) is 9.42. The molecule has 2 rings (SSSR count). The summed E-state index contributed by atoms with van der Waals surface area (Å²) in [7, 11) is 0. The number of fused-ring (bicyclic) bond motifs is 1. The summed E-state index contributed by atoms with van der Waals surface area (Å²) < 4.78 is 0. The molecular weight excluding hydrogens is 200 g/mol. The molecule has 0 saturated heterocycles. The first-order chi connectivity index (χ1) is 6.24. The molecule has 1 aromatic carbocycles. The van der Waals surface area contributed by atoms with Gasteiger partial charge in [0.1, 0.15) is 0 Å². The molecule has 0 spiro atoms. The monoisotopic (exact) mass is 212 g/mol. The summed E-state index contributed by atoms with van der Waals surface area (Å²) in [5, 5.41) is 2.80. The van der Waals surface area contributed by atoms with Gasteiger partial charge in [-0.15, -0.1) is 12.4 Å². The molecule has 0 aliphatic carbocycles. The van der Waals surface area contributed by atoms with Gasteiger partial charge in [-0.25, -0.2) is 0 Å². The molecule has 1 aliphatic heterocycles. The summed E-state index contributed by atoms with van der Waals surface area (Å²) in [5.41, 5.74) is 8.23. The molecule has 0 saturated carbocycles. The van der Waals surface area contributed by atoms with E-state index in [4.69, 9.17) is 5.73 Å². The van der Waals surface area contributed by atoms with E-state index in [1.54, 1.807) is 6.07 Å². The zero-order valence-corrected chi connectivity index (χ0v) is 8.73. The van der Waals surface area contributed by atoms with Crippen molar-refractivity contribution in [2.24, 2.45) is 0 Å². The van der Waals surface area contributed by atoms with Crippen molar-refractivity contribution in [1.82, 2.24) is 0 Å². The van der Waals surface area contributed by atoms with Crippen LogP contribution in [0.1, 0.15) is 24.8 Å². The number of nitrogens with one attached hydrogen (secondary N) is 1. The van der Waals surface area contributed by atoms with Crippen LogP contribution in [0, 0.1) is 0 Å². The fourth-order valence-electron chi connectivity index (χ4n) is 1.78. The molecule has 1 aliphatic rings. The van der Waals surface area contributed by atoms with Gasteiger partial charge in [-0.2, -0.15) is 0 Å². The van der Waals surface area contributed by atoms with Gasteiger partial charge in [0.25, 0.3) is 0 Å². The molecule has 1 aromatic rings. The van der Waals surface area contributed by atoms with Gasteiger partial charge < -0.3 is 11.1 Å². The van der Waals surface area contributed by atoms with E-state index in [1.807, 2.05) is 19.1 Å². The zero-order valence-electron chi connectivity index (χ0n) is 7.91. The third-order valence-corrected chi connectivity index (χ3v) is 2.48. The molecule has 1 heterocycles. The second kappa shape index (κ2) is 3.88. The standard InChI is InChI=1S/C10H12N2O.ClH/c1-2-6-7-4-3-5-8(11)9(7)12-10(6)13;/h3-6H,2,11H2,1H3,(H,12,13);1H. The van der Waals surface area contributed by atoms with Crippen LogP contribution >= 0.6 is 12.4 Å². The number of amides is 1. The van der Waals surface area contributed by atoms with Crippen LogP contribution in [0.2, 0.25) is 0 Å². The number of anilines is 2. The van der Waals surface area contributed by atoms with Gasteiger partial charge in [-0.1, -0.05) is 19.1 Å². The summed E-state index contributed by atoms with van der Waals surface area (Å²) in [6.07, 6.45) is 0.822.